The fraction of sp³-hybridized carbons (Fsp3) is 0.789. The highest BCUT2D eigenvalue weighted by Crippen LogP contribution is 2.19. The molecule has 4 atom stereocenters. The number of rotatable bonds is 11. The van der Waals surface area contributed by atoms with E-state index in [2.05, 4.69) is 16.0 Å². The van der Waals surface area contributed by atoms with Gasteiger partial charge in [-0.3, -0.25) is 14.4 Å². The summed E-state index contributed by atoms with van der Waals surface area (Å²) < 4.78 is 0. The molecule has 0 aromatic rings. The Labute approximate surface area is 175 Å². The number of nitrogens with two attached hydrogens (primary N) is 1. The van der Waals surface area contributed by atoms with Crippen LogP contribution in [0.3, 0.4) is 0 Å². The minimum Gasteiger partial charge on any atom is -0.480 e. The predicted molar refractivity (Wildman–Crippen MR) is 107 cm³/mol. The van der Waals surface area contributed by atoms with E-state index in [-0.39, 0.29) is 12.3 Å². The zero-order valence-corrected chi connectivity index (χ0v) is 17.1. The third kappa shape index (κ3) is 6.38. The molecule has 0 saturated carbocycles. The number of carboxylic acid groups (broad SMARTS) is 1. The minimum absolute atomic E-state index is 0.253. The van der Waals surface area contributed by atoms with E-state index in [0.29, 0.717) is 45.2 Å². The summed E-state index contributed by atoms with van der Waals surface area (Å²) in [5, 5.41) is 27.1. The fourth-order valence-corrected chi connectivity index (χ4v) is 3.89. The van der Waals surface area contributed by atoms with Gasteiger partial charge in [-0.1, -0.05) is 0 Å². The maximum Gasteiger partial charge on any atom is 0.326 e. The van der Waals surface area contributed by atoms with Gasteiger partial charge in [-0.05, 0) is 58.0 Å². The number of aliphatic hydroxyl groups excluding tert-OH is 1. The number of nitrogens with one attached hydrogen (secondary N) is 3. The number of likely N-dealkylation sites (tertiary alicyclic amines) is 1. The first-order valence-corrected chi connectivity index (χ1v) is 10.6. The molecule has 0 aliphatic carbocycles. The average molecular weight is 428 g/mol. The lowest BCUT2D eigenvalue weighted by atomic mass is 10.1. The number of carbonyl (C=O) groups is 4. The van der Waals surface area contributed by atoms with Gasteiger partial charge in [-0.2, -0.15) is 0 Å². The molecule has 0 spiro atoms. The van der Waals surface area contributed by atoms with Gasteiger partial charge >= 0.3 is 5.97 Å². The summed E-state index contributed by atoms with van der Waals surface area (Å²) in [6.45, 7) is 0.880. The van der Waals surface area contributed by atoms with Crippen LogP contribution in [0.5, 0.6) is 0 Å². The Hall–Kier alpha value is -2.24. The van der Waals surface area contributed by atoms with Crippen molar-refractivity contribution in [2.75, 3.05) is 26.2 Å². The SMILES string of the molecule is NCCCCC(NC(=O)C1CCCN1C(=O)C(CO)NC(=O)C1CCCN1)C(=O)O. The van der Waals surface area contributed by atoms with Gasteiger partial charge in [0, 0.05) is 6.54 Å². The molecule has 7 N–H and O–H groups in total. The van der Waals surface area contributed by atoms with Crippen molar-refractivity contribution in [3.63, 3.8) is 0 Å². The second-order valence-corrected chi connectivity index (χ2v) is 7.77. The molecule has 2 fully saturated rings. The van der Waals surface area contributed by atoms with Crippen LogP contribution in [-0.4, -0.2) is 89.2 Å². The molecule has 2 heterocycles. The van der Waals surface area contributed by atoms with Crippen LogP contribution in [0.25, 0.3) is 0 Å². The van der Waals surface area contributed by atoms with E-state index in [1.54, 1.807) is 0 Å². The van der Waals surface area contributed by atoms with Crippen LogP contribution >= 0.6 is 0 Å². The Balaban J connectivity index is 1.97. The van der Waals surface area contributed by atoms with E-state index in [0.717, 1.165) is 13.0 Å². The highest BCUT2D eigenvalue weighted by molar-refractivity contribution is 5.94. The third-order valence-electron chi connectivity index (χ3n) is 5.57. The van der Waals surface area contributed by atoms with Crippen LogP contribution < -0.4 is 21.7 Å². The Morgan fingerprint density at radius 2 is 1.80 bits per heavy atom. The Morgan fingerprint density at radius 1 is 1.07 bits per heavy atom. The molecule has 0 bridgehead atoms. The number of hydrogen-bond acceptors (Lipinski definition) is 7. The number of carbonyl (C=O) groups excluding carboxylic acids is 3. The number of amides is 3. The normalized spacial score (nSPS) is 23.1. The van der Waals surface area contributed by atoms with Crippen molar-refractivity contribution >= 4 is 23.7 Å². The van der Waals surface area contributed by atoms with Crippen molar-refractivity contribution in [1.29, 1.82) is 0 Å². The summed E-state index contributed by atoms with van der Waals surface area (Å²) in [4.78, 5) is 50.6. The molecular weight excluding hydrogens is 394 g/mol. The van der Waals surface area contributed by atoms with Crippen LogP contribution in [0.4, 0.5) is 0 Å². The third-order valence-corrected chi connectivity index (χ3v) is 5.57. The molecule has 4 unspecified atom stereocenters. The van der Waals surface area contributed by atoms with Crippen molar-refractivity contribution in [2.45, 2.75) is 69.1 Å². The summed E-state index contributed by atoms with van der Waals surface area (Å²) in [7, 11) is 0. The van der Waals surface area contributed by atoms with E-state index in [1.807, 2.05) is 0 Å². The quantitative estimate of drug-likeness (QED) is 0.203. The summed E-state index contributed by atoms with van der Waals surface area (Å²) in [5.41, 5.74) is 5.43. The second-order valence-electron chi connectivity index (χ2n) is 7.77. The van der Waals surface area contributed by atoms with Gasteiger partial charge in [0.25, 0.3) is 0 Å². The molecule has 0 aromatic heterocycles. The van der Waals surface area contributed by atoms with Crippen molar-refractivity contribution in [1.82, 2.24) is 20.9 Å². The molecule has 0 aromatic carbocycles. The monoisotopic (exact) mass is 427 g/mol. The van der Waals surface area contributed by atoms with Crippen LogP contribution in [0.15, 0.2) is 0 Å². The summed E-state index contributed by atoms with van der Waals surface area (Å²) >= 11 is 0. The van der Waals surface area contributed by atoms with E-state index < -0.39 is 48.6 Å². The van der Waals surface area contributed by atoms with Crippen molar-refractivity contribution in [3.05, 3.63) is 0 Å². The lowest BCUT2D eigenvalue weighted by Gasteiger charge is -2.29. The van der Waals surface area contributed by atoms with Gasteiger partial charge in [0.05, 0.1) is 12.6 Å². The van der Waals surface area contributed by atoms with Crippen LogP contribution in [0.1, 0.15) is 44.9 Å². The first-order valence-electron chi connectivity index (χ1n) is 10.6. The topological polar surface area (TPSA) is 174 Å². The highest BCUT2D eigenvalue weighted by Gasteiger charge is 2.39. The number of carboxylic acids is 1. The molecule has 2 saturated heterocycles. The van der Waals surface area contributed by atoms with Gasteiger partial charge in [-0.25, -0.2) is 4.79 Å². The number of nitrogens with zero attached hydrogens (tertiary/aromatic N) is 1. The number of unbranched alkanes of at least 4 members (excludes halogenated alkanes) is 1. The van der Waals surface area contributed by atoms with Crippen molar-refractivity contribution in [2.24, 2.45) is 5.73 Å². The molecule has 11 nitrogen and oxygen atoms in total. The molecule has 2 aliphatic heterocycles. The molecule has 11 heteroatoms. The molecule has 3 amide bonds. The molecule has 30 heavy (non-hydrogen) atoms. The van der Waals surface area contributed by atoms with E-state index in [9.17, 15) is 29.4 Å². The molecule has 2 rings (SSSR count). The molecule has 170 valence electrons. The second kappa shape index (κ2) is 11.8. The Kier molecular flexibility index (Phi) is 9.47. The lowest BCUT2D eigenvalue weighted by Crippen LogP contribution is -2.57. The van der Waals surface area contributed by atoms with Crippen molar-refractivity contribution < 1.29 is 29.4 Å². The minimum atomic E-state index is -1.15. The van der Waals surface area contributed by atoms with Gasteiger partial charge in [-0.15, -0.1) is 0 Å². The van der Waals surface area contributed by atoms with E-state index >= 15 is 0 Å². The first-order chi connectivity index (χ1) is 14.4. The fourth-order valence-electron chi connectivity index (χ4n) is 3.89. The molecule has 2 aliphatic rings. The zero-order valence-electron chi connectivity index (χ0n) is 17.1. The van der Waals surface area contributed by atoms with Crippen LogP contribution in [0, 0.1) is 0 Å². The molecular formula is C19H33N5O6. The first kappa shape index (κ1) is 24.0. The summed E-state index contributed by atoms with van der Waals surface area (Å²) in [6, 6.07) is -3.42. The van der Waals surface area contributed by atoms with Gasteiger partial charge in [0.2, 0.25) is 17.7 Å². The van der Waals surface area contributed by atoms with E-state index in [1.165, 1.54) is 4.90 Å². The molecule has 0 radical (unpaired) electrons. The van der Waals surface area contributed by atoms with Crippen LogP contribution in [-0.2, 0) is 19.2 Å². The zero-order chi connectivity index (χ0) is 22.1. The largest absolute Gasteiger partial charge is 0.480 e. The Bertz CT molecular complexity index is 625. The standard InChI is InChI=1S/C19H33N5O6/c20-8-2-1-5-13(19(29)30)22-17(27)15-7-4-10-24(15)18(28)14(11-25)23-16(26)12-6-3-9-21-12/h12-15,21,25H,1-11,20H2,(H,22,27)(H,23,26)(H,29,30). The lowest BCUT2D eigenvalue weighted by molar-refractivity contribution is -0.145. The maximum atomic E-state index is 12.9. The smallest absolute Gasteiger partial charge is 0.326 e. The van der Waals surface area contributed by atoms with Gasteiger partial charge < -0.3 is 36.8 Å². The number of aliphatic hydroxyl groups is 1. The van der Waals surface area contributed by atoms with Gasteiger partial charge in [0.15, 0.2) is 0 Å². The average Bonchev–Trinajstić information content (AvgIpc) is 3.42. The summed E-state index contributed by atoms with van der Waals surface area (Å²) in [5.74, 6) is -2.58. The predicted octanol–water partition coefficient (Wildman–Crippen LogP) is -2.10. The summed E-state index contributed by atoms with van der Waals surface area (Å²) in [6.07, 6.45) is 3.96. The maximum absolute atomic E-state index is 12.9. The number of aliphatic carboxylic acids is 1. The number of hydrogen-bond donors (Lipinski definition) is 6. The highest BCUT2D eigenvalue weighted by atomic mass is 16.4. The van der Waals surface area contributed by atoms with Crippen LogP contribution in [0.2, 0.25) is 0 Å². The van der Waals surface area contributed by atoms with E-state index in [4.69, 9.17) is 5.73 Å². The Morgan fingerprint density at radius 3 is 2.40 bits per heavy atom. The van der Waals surface area contributed by atoms with Crippen molar-refractivity contribution in [3.8, 4) is 0 Å². The van der Waals surface area contributed by atoms with Gasteiger partial charge in [0.1, 0.15) is 18.1 Å².